The molecule has 0 spiro atoms. The SMILES string of the molecule is COC(=O)c1ccc(NC(=O)c2csc(NC(=O)Nc3ccc(F)cc3)n2)cc1. The van der Waals surface area contributed by atoms with Crippen molar-refractivity contribution in [3.05, 3.63) is 71.0 Å². The maximum Gasteiger partial charge on any atom is 0.337 e. The van der Waals surface area contributed by atoms with Gasteiger partial charge >= 0.3 is 12.0 Å². The predicted molar refractivity (Wildman–Crippen MR) is 107 cm³/mol. The van der Waals surface area contributed by atoms with E-state index in [9.17, 15) is 18.8 Å². The minimum atomic E-state index is -0.573. The Bertz CT molecular complexity index is 1040. The van der Waals surface area contributed by atoms with Gasteiger partial charge in [-0.25, -0.2) is 19.0 Å². The second kappa shape index (κ2) is 8.93. The minimum absolute atomic E-state index is 0.115. The number of benzene rings is 2. The van der Waals surface area contributed by atoms with Crippen molar-refractivity contribution in [2.24, 2.45) is 0 Å². The lowest BCUT2D eigenvalue weighted by atomic mass is 10.2. The first-order valence-corrected chi connectivity index (χ1v) is 9.11. The molecule has 3 rings (SSSR count). The number of esters is 1. The summed E-state index contributed by atoms with van der Waals surface area (Å²) in [6, 6.07) is 10.9. The Kier molecular flexibility index (Phi) is 6.15. The largest absolute Gasteiger partial charge is 0.465 e. The molecule has 0 fully saturated rings. The maximum absolute atomic E-state index is 12.9. The molecular formula is C19H15FN4O4S. The van der Waals surface area contributed by atoms with Crippen LogP contribution in [0.4, 0.5) is 25.7 Å². The fourth-order valence-electron chi connectivity index (χ4n) is 2.23. The van der Waals surface area contributed by atoms with Gasteiger partial charge in [0, 0.05) is 16.8 Å². The minimum Gasteiger partial charge on any atom is -0.465 e. The number of aromatic nitrogens is 1. The number of carbonyl (C=O) groups excluding carboxylic acids is 3. The molecule has 3 aromatic rings. The molecule has 1 aromatic heterocycles. The van der Waals surface area contributed by atoms with Gasteiger partial charge in [-0.1, -0.05) is 0 Å². The highest BCUT2D eigenvalue weighted by molar-refractivity contribution is 7.14. The van der Waals surface area contributed by atoms with Gasteiger partial charge in [0.1, 0.15) is 11.5 Å². The normalized spacial score (nSPS) is 10.1. The summed E-state index contributed by atoms with van der Waals surface area (Å²) in [6.07, 6.45) is 0. The number of amides is 3. The van der Waals surface area contributed by atoms with Crippen LogP contribution in [-0.2, 0) is 4.74 Å². The molecule has 0 aliphatic heterocycles. The lowest BCUT2D eigenvalue weighted by Gasteiger charge is -2.05. The number of ether oxygens (including phenoxy) is 1. The molecule has 29 heavy (non-hydrogen) atoms. The topological polar surface area (TPSA) is 109 Å². The van der Waals surface area contributed by atoms with E-state index < -0.39 is 23.7 Å². The molecule has 3 N–H and O–H groups in total. The van der Waals surface area contributed by atoms with E-state index >= 15 is 0 Å². The molecule has 0 bridgehead atoms. The van der Waals surface area contributed by atoms with Crippen LogP contribution >= 0.6 is 11.3 Å². The first-order valence-electron chi connectivity index (χ1n) is 8.23. The fourth-order valence-corrected chi connectivity index (χ4v) is 2.92. The Hall–Kier alpha value is -3.79. The Morgan fingerprint density at radius 1 is 0.931 bits per heavy atom. The predicted octanol–water partition coefficient (Wildman–Crippen LogP) is 3.97. The third kappa shape index (κ3) is 5.36. The smallest absolute Gasteiger partial charge is 0.337 e. The van der Waals surface area contributed by atoms with E-state index in [2.05, 4.69) is 25.7 Å². The molecule has 10 heteroatoms. The van der Waals surface area contributed by atoms with Gasteiger partial charge in [0.15, 0.2) is 5.13 Å². The second-order valence-electron chi connectivity index (χ2n) is 5.65. The standard InChI is InChI=1S/C19H15FN4O4S/c1-28-17(26)11-2-6-13(7-3-11)21-16(25)15-10-29-19(23-15)24-18(27)22-14-8-4-12(20)5-9-14/h2-10H,1H3,(H,21,25)(H2,22,23,24,27). The molecule has 0 aliphatic carbocycles. The summed E-state index contributed by atoms with van der Waals surface area (Å²) in [5.41, 5.74) is 1.36. The van der Waals surface area contributed by atoms with Crippen molar-refractivity contribution >= 4 is 45.8 Å². The fraction of sp³-hybridized carbons (Fsp3) is 0.0526. The molecule has 1 heterocycles. The number of nitrogens with zero attached hydrogens (tertiary/aromatic N) is 1. The van der Waals surface area contributed by atoms with Gasteiger partial charge in [-0.3, -0.25) is 10.1 Å². The first-order chi connectivity index (χ1) is 13.9. The van der Waals surface area contributed by atoms with Gasteiger partial charge in [0.2, 0.25) is 0 Å². The average Bonchev–Trinajstić information content (AvgIpc) is 3.18. The molecule has 0 atom stereocenters. The molecule has 0 unspecified atom stereocenters. The van der Waals surface area contributed by atoms with Crippen molar-refractivity contribution in [1.82, 2.24) is 4.98 Å². The van der Waals surface area contributed by atoms with Gasteiger partial charge in [0.25, 0.3) is 5.91 Å². The maximum atomic E-state index is 12.9. The summed E-state index contributed by atoms with van der Waals surface area (Å²) in [5, 5.41) is 9.38. The molecule has 0 saturated carbocycles. The van der Waals surface area contributed by atoms with E-state index in [4.69, 9.17) is 0 Å². The van der Waals surface area contributed by atoms with Crippen LogP contribution in [0.2, 0.25) is 0 Å². The number of urea groups is 1. The average molecular weight is 414 g/mol. The van der Waals surface area contributed by atoms with Crippen LogP contribution in [0, 0.1) is 5.82 Å². The summed E-state index contributed by atoms with van der Waals surface area (Å²) >= 11 is 1.07. The van der Waals surface area contributed by atoms with Crippen molar-refractivity contribution in [2.45, 2.75) is 0 Å². The highest BCUT2D eigenvalue weighted by Crippen LogP contribution is 2.18. The number of carbonyl (C=O) groups is 3. The van der Waals surface area contributed by atoms with Gasteiger partial charge in [-0.15, -0.1) is 11.3 Å². The Morgan fingerprint density at radius 3 is 2.21 bits per heavy atom. The first kappa shape index (κ1) is 20.0. The lowest BCUT2D eigenvalue weighted by Crippen LogP contribution is -2.19. The molecule has 3 amide bonds. The third-order valence-electron chi connectivity index (χ3n) is 3.62. The number of hydrogen-bond acceptors (Lipinski definition) is 6. The van der Waals surface area contributed by atoms with E-state index in [1.807, 2.05) is 0 Å². The third-order valence-corrected chi connectivity index (χ3v) is 4.38. The Balaban J connectivity index is 1.57. The number of methoxy groups -OCH3 is 1. The van der Waals surface area contributed by atoms with E-state index in [-0.39, 0.29) is 10.8 Å². The number of halogens is 1. The summed E-state index contributed by atoms with van der Waals surface area (Å²) in [5.74, 6) is -1.36. The molecule has 2 aromatic carbocycles. The number of hydrogen-bond donors (Lipinski definition) is 3. The van der Waals surface area contributed by atoms with Gasteiger partial charge in [-0.05, 0) is 48.5 Å². The van der Waals surface area contributed by atoms with Crippen LogP contribution in [0.1, 0.15) is 20.8 Å². The van der Waals surface area contributed by atoms with Crippen molar-refractivity contribution in [2.75, 3.05) is 23.1 Å². The number of nitrogens with one attached hydrogen (secondary N) is 3. The van der Waals surface area contributed by atoms with Crippen molar-refractivity contribution in [3.8, 4) is 0 Å². The summed E-state index contributed by atoms with van der Waals surface area (Å²) in [4.78, 5) is 39.7. The highest BCUT2D eigenvalue weighted by atomic mass is 32.1. The van der Waals surface area contributed by atoms with Crippen LogP contribution in [0.25, 0.3) is 0 Å². The van der Waals surface area contributed by atoms with Crippen molar-refractivity contribution in [3.63, 3.8) is 0 Å². The van der Waals surface area contributed by atoms with Crippen LogP contribution in [0.5, 0.6) is 0 Å². The van der Waals surface area contributed by atoms with Crippen LogP contribution < -0.4 is 16.0 Å². The van der Waals surface area contributed by atoms with Gasteiger partial charge in [-0.2, -0.15) is 0 Å². The molecule has 0 radical (unpaired) electrons. The van der Waals surface area contributed by atoms with E-state index in [0.29, 0.717) is 16.9 Å². The van der Waals surface area contributed by atoms with E-state index in [1.165, 1.54) is 48.9 Å². The molecule has 148 valence electrons. The zero-order valence-electron chi connectivity index (χ0n) is 15.1. The summed E-state index contributed by atoms with van der Waals surface area (Å²) in [7, 11) is 1.28. The van der Waals surface area contributed by atoms with Crippen LogP contribution in [0.3, 0.4) is 0 Å². The summed E-state index contributed by atoms with van der Waals surface area (Å²) < 4.78 is 17.5. The summed E-state index contributed by atoms with van der Waals surface area (Å²) in [6.45, 7) is 0. The van der Waals surface area contributed by atoms with E-state index in [1.54, 1.807) is 12.1 Å². The molecule has 0 aliphatic rings. The zero-order valence-corrected chi connectivity index (χ0v) is 15.9. The van der Waals surface area contributed by atoms with E-state index in [0.717, 1.165) is 11.3 Å². The van der Waals surface area contributed by atoms with Crippen molar-refractivity contribution < 1.29 is 23.5 Å². The number of anilines is 3. The van der Waals surface area contributed by atoms with Gasteiger partial charge in [0.05, 0.1) is 12.7 Å². The Labute approximate surface area is 168 Å². The number of thiazole rings is 1. The zero-order chi connectivity index (χ0) is 20.8. The molecule has 8 nitrogen and oxygen atoms in total. The molecular weight excluding hydrogens is 399 g/mol. The quantitative estimate of drug-likeness (QED) is 0.548. The van der Waals surface area contributed by atoms with Crippen LogP contribution in [0.15, 0.2) is 53.9 Å². The lowest BCUT2D eigenvalue weighted by molar-refractivity contribution is 0.0600. The number of rotatable bonds is 5. The second-order valence-corrected chi connectivity index (χ2v) is 6.51. The van der Waals surface area contributed by atoms with Gasteiger partial charge < -0.3 is 15.4 Å². The van der Waals surface area contributed by atoms with Crippen LogP contribution in [-0.4, -0.2) is 30.0 Å². The van der Waals surface area contributed by atoms with Crippen molar-refractivity contribution in [1.29, 1.82) is 0 Å². The molecule has 0 saturated heterocycles. The monoisotopic (exact) mass is 414 g/mol. The Morgan fingerprint density at radius 2 is 1.55 bits per heavy atom. The highest BCUT2D eigenvalue weighted by Gasteiger charge is 2.13.